The first-order valence-corrected chi connectivity index (χ1v) is 5.72. The topological polar surface area (TPSA) is 46.0 Å². The molecule has 0 aliphatic rings. The molecule has 0 fully saturated rings. The number of aromatic nitrogens is 2. The van der Waals surface area contributed by atoms with Crippen LogP contribution in [0.1, 0.15) is 34.2 Å². The molecule has 94 valence electrons. The van der Waals surface area contributed by atoms with E-state index in [0.29, 0.717) is 5.56 Å². The van der Waals surface area contributed by atoms with Crippen molar-refractivity contribution in [2.75, 3.05) is 0 Å². The summed E-state index contributed by atoms with van der Waals surface area (Å²) in [5, 5.41) is 10.2. The van der Waals surface area contributed by atoms with Crippen molar-refractivity contribution in [2.24, 2.45) is 0 Å². The van der Waals surface area contributed by atoms with E-state index in [2.05, 4.69) is 9.97 Å². The van der Waals surface area contributed by atoms with Crippen molar-refractivity contribution in [3.05, 3.63) is 58.4 Å². The third-order valence-electron chi connectivity index (χ3n) is 2.80. The first kappa shape index (κ1) is 12.6. The average Bonchev–Trinajstić information content (AvgIpc) is 2.28. The van der Waals surface area contributed by atoms with E-state index in [9.17, 15) is 9.50 Å². The summed E-state index contributed by atoms with van der Waals surface area (Å²) < 4.78 is 13.9. The predicted octanol–water partition coefficient (Wildman–Crippen LogP) is 2.62. The van der Waals surface area contributed by atoms with E-state index in [4.69, 9.17) is 0 Å². The van der Waals surface area contributed by atoms with Crippen molar-refractivity contribution in [1.29, 1.82) is 0 Å². The van der Waals surface area contributed by atoms with Crippen LogP contribution in [0.15, 0.2) is 24.5 Å². The van der Waals surface area contributed by atoms with Gasteiger partial charge in [0.1, 0.15) is 11.9 Å². The monoisotopic (exact) mass is 246 g/mol. The normalized spacial score (nSPS) is 12.5. The second-order valence-corrected chi connectivity index (χ2v) is 4.50. The lowest BCUT2D eigenvalue weighted by atomic mass is 10.00. The molecule has 0 spiro atoms. The van der Waals surface area contributed by atoms with Crippen LogP contribution in [0.4, 0.5) is 4.39 Å². The van der Waals surface area contributed by atoms with Crippen LogP contribution in [0.3, 0.4) is 0 Å². The highest BCUT2D eigenvalue weighted by atomic mass is 19.1. The number of hydrogen-bond acceptors (Lipinski definition) is 3. The summed E-state index contributed by atoms with van der Waals surface area (Å²) >= 11 is 0. The van der Waals surface area contributed by atoms with Gasteiger partial charge in [-0.3, -0.25) is 0 Å². The molecule has 2 rings (SSSR count). The first-order chi connectivity index (χ1) is 8.49. The number of rotatable bonds is 2. The molecule has 0 saturated heterocycles. The van der Waals surface area contributed by atoms with Gasteiger partial charge < -0.3 is 5.11 Å². The molecule has 1 aromatic heterocycles. The van der Waals surface area contributed by atoms with Crippen LogP contribution in [0.25, 0.3) is 0 Å². The maximum Gasteiger partial charge on any atom is 0.161 e. The Bertz CT molecular complexity index is 544. The van der Waals surface area contributed by atoms with E-state index >= 15 is 0 Å². The number of hydrogen-bond donors (Lipinski definition) is 1. The SMILES string of the molecule is Cc1cnc(C(O)c2c(C)cc(C)cc2F)nc1. The molecule has 1 atom stereocenters. The van der Waals surface area contributed by atoms with Gasteiger partial charge in [0.05, 0.1) is 0 Å². The molecular weight excluding hydrogens is 231 g/mol. The van der Waals surface area contributed by atoms with Crippen LogP contribution in [-0.4, -0.2) is 15.1 Å². The number of aliphatic hydroxyl groups excluding tert-OH is 1. The molecule has 0 aliphatic heterocycles. The van der Waals surface area contributed by atoms with Crippen LogP contribution >= 0.6 is 0 Å². The Morgan fingerprint density at radius 3 is 2.22 bits per heavy atom. The summed E-state index contributed by atoms with van der Waals surface area (Å²) in [6.45, 7) is 5.44. The van der Waals surface area contributed by atoms with E-state index in [1.165, 1.54) is 6.07 Å². The van der Waals surface area contributed by atoms with E-state index in [1.807, 2.05) is 19.9 Å². The lowest BCUT2D eigenvalue weighted by Gasteiger charge is -2.14. The van der Waals surface area contributed by atoms with Gasteiger partial charge in [-0.05, 0) is 43.5 Å². The Labute approximate surface area is 105 Å². The van der Waals surface area contributed by atoms with E-state index in [1.54, 1.807) is 19.3 Å². The third-order valence-corrected chi connectivity index (χ3v) is 2.80. The lowest BCUT2D eigenvalue weighted by molar-refractivity contribution is 0.203. The van der Waals surface area contributed by atoms with Crippen molar-refractivity contribution >= 4 is 0 Å². The van der Waals surface area contributed by atoms with Gasteiger partial charge in [0.25, 0.3) is 0 Å². The van der Waals surface area contributed by atoms with Crippen LogP contribution in [0, 0.1) is 26.6 Å². The van der Waals surface area contributed by atoms with E-state index in [0.717, 1.165) is 11.1 Å². The second kappa shape index (κ2) is 4.82. The van der Waals surface area contributed by atoms with Gasteiger partial charge in [0, 0.05) is 18.0 Å². The zero-order chi connectivity index (χ0) is 13.3. The quantitative estimate of drug-likeness (QED) is 0.886. The molecule has 18 heavy (non-hydrogen) atoms. The Kier molecular flexibility index (Phi) is 3.39. The highest BCUT2D eigenvalue weighted by molar-refractivity contribution is 5.36. The fourth-order valence-corrected chi connectivity index (χ4v) is 1.95. The molecule has 4 heteroatoms. The van der Waals surface area contributed by atoms with Crippen molar-refractivity contribution < 1.29 is 9.50 Å². The van der Waals surface area contributed by atoms with Gasteiger partial charge in [-0.15, -0.1) is 0 Å². The summed E-state index contributed by atoms with van der Waals surface area (Å²) in [5.74, 6) is -0.212. The summed E-state index contributed by atoms with van der Waals surface area (Å²) in [5.41, 5.74) is 2.66. The predicted molar refractivity (Wildman–Crippen MR) is 66.7 cm³/mol. The average molecular weight is 246 g/mol. The number of aryl methyl sites for hydroxylation is 3. The Morgan fingerprint density at radius 1 is 1.06 bits per heavy atom. The molecule has 0 aliphatic carbocycles. The van der Waals surface area contributed by atoms with Crippen molar-refractivity contribution in [3.8, 4) is 0 Å². The molecular formula is C14H15FN2O. The minimum atomic E-state index is -1.13. The van der Waals surface area contributed by atoms with Crippen LogP contribution in [0.5, 0.6) is 0 Å². The Morgan fingerprint density at radius 2 is 1.67 bits per heavy atom. The van der Waals surface area contributed by atoms with E-state index < -0.39 is 11.9 Å². The van der Waals surface area contributed by atoms with Crippen LogP contribution in [-0.2, 0) is 0 Å². The largest absolute Gasteiger partial charge is 0.380 e. The highest BCUT2D eigenvalue weighted by Crippen LogP contribution is 2.26. The molecule has 0 bridgehead atoms. The summed E-state index contributed by atoms with van der Waals surface area (Å²) in [6.07, 6.45) is 2.08. The van der Waals surface area contributed by atoms with E-state index in [-0.39, 0.29) is 11.4 Å². The first-order valence-electron chi connectivity index (χ1n) is 5.72. The molecule has 1 N–H and O–H groups in total. The van der Waals surface area contributed by atoms with Gasteiger partial charge in [-0.25, -0.2) is 14.4 Å². The molecule has 1 heterocycles. The highest BCUT2D eigenvalue weighted by Gasteiger charge is 2.20. The van der Waals surface area contributed by atoms with Gasteiger partial charge in [-0.1, -0.05) is 6.07 Å². The van der Waals surface area contributed by atoms with Gasteiger partial charge in [-0.2, -0.15) is 0 Å². The van der Waals surface area contributed by atoms with Crippen LogP contribution < -0.4 is 0 Å². The van der Waals surface area contributed by atoms with Crippen molar-refractivity contribution in [1.82, 2.24) is 9.97 Å². The third kappa shape index (κ3) is 2.38. The molecule has 0 amide bonds. The maximum absolute atomic E-state index is 13.9. The van der Waals surface area contributed by atoms with Crippen molar-refractivity contribution in [2.45, 2.75) is 26.9 Å². The van der Waals surface area contributed by atoms with Gasteiger partial charge >= 0.3 is 0 Å². The smallest absolute Gasteiger partial charge is 0.161 e. The molecule has 2 aromatic rings. The zero-order valence-corrected chi connectivity index (χ0v) is 10.6. The number of aliphatic hydroxyl groups is 1. The standard InChI is InChI=1S/C14H15FN2O/c1-8-4-10(3)12(11(15)5-8)13(18)14-16-6-9(2)7-17-14/h4-7,13,18H,1-3H3. The summed E-state index contributed by atoms with van der Waals surface area (Å²) in [4.78, 5) is 8.06. The fourth-order valence-electron chi connectivity index (χ4n) is 1.95. The number of benzene rings is 1. The minimum absolute atomic E-state index is 0.214. The molecule has 3 nitrogen and oxygen atoms in total. The zero-order valence-electron chi connectivity index (χ0n) is 10.6. The van der Waals surface area contributed by atoms with Gasteiger partial charge in [0.2, 0.25) is 0 Å². The number of halogens is 1. The van der Waals surface area contributed by atoms with Crippen molar-refractivity contribution in [3.63, 3.8) is 0 Å². The molecule has 0 saturated carbocycles. The lowest BCUT2D eigenvalue weighted by Crippen LogP contribution is -2.09. The molecule has 1 aromatic carbocycles. The fraction of sp³-hybridized carbons (Fsp3) is 0.286. The Balaban J connectivity index is 2.46. The summed E-state index contributed by atoms with van der Waals surface area (Å²) in [6, 6.07) is 3.23. The number of nitrogens with zero attached hydrogens (tertiary/aromatic N) is 2. The van der Waals surface area contributed by atoms with Crippen LogP contribution in [0.2, 0.25) is 0 Å². The van der Waals surface area contributed by atoms with Gasteiger partial charge in [0.15, 0.2) is 5.82 Å². The molecule has 0 radical (unpaired) electrons. The molecule has 1 unspecified atom stereocenters. The maximum atomic E-state index is 13.9. The Hall–Kier alpha value is -1.81. The minimum Gasteiger partial charge on any atom is -0.380 e. The summed E-state index contributed by atoms with van der Waals surface area (Å²) in [7, 11) is 0. The second-order valence-electron chi connectivity index (χ2n) is 4.50.